The summed E-state index contributed by atoms with van der Waals surface area (Å²) in [4.78, 5) is 5.26. The summed E-state index contributed by atoms with van der Waals surface area (Å²) in [5.41, 5.74) is 21.3. The molecule has 59 heavy (non-hydrogen) atoms. The van der Waals surface area contributed by atoms with Crippen molar-refractivity contribution in [2.45, 2.75) is 124 Å². The molecule has 0 N–H and O–H groups in total. The van der Waals surface area contributed by atoms with Crippen molar-refractivity contribution in [2.75, 3.05) is 9.71 Å². The Hall–Kier alpha value is -5.22. The van der Waals surface area contributed by atoms with Gasteiger partial charge in [-0.15, -0.1) is 0 Å². The van der Waals surface area contributed by atoms with Gasteiger partial charge in [-0.2, -0.15) is 0 Å². The van der Waals surface area contributed by atoms with Crippen molar-refractivity contribution in [2.24, 2.45) is 0 Å². The highest BCUT2D eigenvalue weighted by Crippen LogP contribution is 2.62. The van der Waals surface area contributed by atoms with Crippen LogP contribution in [0.2, 0.25) is 0 Å². The van der Waals surface area contributed by atoms with Gasteiger partial charge in [-0.3, -0.25) is 0 Å². The van der Waals surface area contributed by atoms with E-state index < -0.39 is 0 Å². The number of benzene rings is 6. The van der Waals surface area contributed by atoms with Gasteiger partial charge in [0.05, 0.1) is 11.4 Å². The highest BCUT2D eigenvalue weighted by atomic mass is 16.5. The predicted octanol–water partition coefficient (Wildman–Crippen LogP) is 14.0. The zero-order chi connectivity index (χ0) is 41.9. The first-order valence-corrected chi connectivity index (χ1v) is 21.7. The minimum absolute atomic E-state index is 0.0299. The molecule has 0 bridgehead atoms. The van der Waals surface area contributed by atoms with Crippen molar-refractivity contribution in [1.82, 2.24) is 0 Å². The number of nitrogens with zero attached hydrogens (tertiary/aromatic N) is 2. The fraction of sp³-hybridized carbons (Fsp3) is 0.345. The number of anilines is 5. The number of hydrogen-bond acceptors (Lipinski definition) is 3. The summed E-state index contributed by atoms with van der Waals surface area (Å²) in [6.45, 7) is 32.6. The third-order valence-electron chi connectivity index (χ3n) is 13.8. The molecular formula is C55H59BN2O. The minimum Gasteiger partial charge on any atom is -0.453 e. The molecule has 4 heteroatoms. The lowest BCUT2D eigenvalue weighted by Crippen LogP contribution is -2.62. The molecular weight excluding hydrogens is 715 g/mol. The van der Waals surface area contributed by atoms with Crippen LogP contribution in [0, 0.1) is 0 Å². The second kappa shape index (κ2) is 12.0. The van der Waals surface area contributed by atoms with E-state index in [1.54, 1.807) is 0 Å². The molecule has 0 atom stereocenters. The van der Waals surface area contributed by atoms with Crippen molar-refractivity contribution in [3.8, 4) is 33.8 Å². The smallest absolute Gasteiger partial charge is 0.333 e. The molecule has 0 aromatic heterocycles. The van der Waals surface area contributed by atoms with Crippen LogP contribution in [0.3, 0.4) is 0 Å². The summed E-state index contributed by atoms with van der Waals surface area (Å²) in [5.74, 6) is 1.93. The fourth-order valence-electron chi connectivity index (χ4n) is 10.3. The zero-order valence-corrected chi connectivity index (χ0v) is 37.7. The Kier molecular flexibility index (Phi) is 7.71. The lowest BCUT2D eigenvalue weighted by molar-refractivity contribution is 0.458. The maximum absolute atomic E-state index is 7.45. The van der Waals surface area contributed by atoms with Gasteiger partial charge < -0.3 is 14.4 Å². The van der Waals surface area contributed by atoms with Crippen LogP contribution in [0.4, 0.5) is 28.4 Å². The number of hydrogen-bond donors (Lipinski definition) is 0. The van der Waals surface area contributed by atoms with Gasteiger partial charge in [0.2, 0.25) is 0 Å². The van der Waals surface area contributed by atoms with Crippen molar-refractivity contribution in [1.29, 1.82) is 0 Å². The lowest BCUT2D eigenvalue weighted by atomic mass is 9.43. The van der Waals surface area contributed by atoms with Gasteiger partial charge >= 0.3 is 6.85 Å². The molecule has 10 rings (SSSR count). The summed E-state index contributed by atoms with van der Waals surface area (Å²) in [6.07, 6.45) is 0. The summed E-state index contributed by atoms with van der Waals surface area (Å²) in [5, 5.41) is 0. The van der Waals surface area contributed by atoms with E-state index in [0.717, 1.165) is 17.2 Å². The minimum atomic E-state index is -0.234. The Labute approximate surface area is 353 Å². The van der Waals surface area contributed by atoms with E-state index >= 15 is 0 Å². The van der Waals surface area contributed by atoms with Crippen LogP contribution in [-0.2, 0) is 27.1 Å². The third kappa shape index (κ3) is 5.47. The molecule has 0 amide bonds. The van der Waals surface area contributed by atoms with Crippen LogP contribution in [0.15, 0.2) is 103 Å². The molecule has 0 saturated heterocycles. The molecule has 0 fully saturated rings. The van der Waals surface area contributed by atoms with Gasteiger partial charge in [0.15, 0.2) is 11.5 Å². The first-order chi connectivity index (χ1) is 27.5. The van der Waals surface area contributed by atoms with E-state index in [4.69, 9.17) is 4.74 Å². The largest absolute Gasteiger partial charge is 0.453 e. The van der Waals surface area contributed by atoms with E-state index in [9.17, 15) is 0 Å². The zero-order valence-electron chi connectivity index (χ0n) is 37.7. The van der Waals surface area contributed by atoms with E-state index in [2.05, 4.69) is 210 Å². The quantitative estimate of drug-likeness (QED) is 0.155. The molecule has 6 aromatic rings. The van der Waals surface area contributed by atoms with Crippen LogP contribution >= 0.6 is 0 Å². The number of ether oxygens (including phenoxy) is 1. The molecule has 3 nitrogen and oxygen atoms in total. The highest BCUT2D eigenvalue weighted by Gasteiger charge is 2.51. The molecule has 0 unspecified atom stereocenters. The molecule has 1 aliphatic carbocycles. The normalized spacial score (nSPS) is 15.8. The van der Waals surface area contributed by atoms with Crippen molar-refractivity contribution in [3.05, 3.63) is 137 Å². The first kappa shape index (κ1) is 38.0. The Morgan fingerprint density at radius 1 is 0.508 bits per heavy atom. The SMILES string of the molecule is CC(C)(C)c1ccc(N2c3cc(C(C)(C)C)ccc3B3c4c(cc(C(C)(C)C)cc42)-c2cc(C(C)(C)C)cc4c2N3c2ccc3c(c2O4)C(C)(C)c2ccccc2-3)cc1. The molecule has 0 radical (unpaired) electrons. The van der Waals surface area contributed by atoms with Gasteiger partial charge in [0.25, 0.3) is 0 Å². The number of fused-ring (bicyclic) bond motifs is 10. The van der Waals surface area contributed by atoms with Crippen LogP contribution in [0.25, 0.3) is 22.3 Å². The molecule has 3 heterocycles. The highest BCUT2D eigenvalue weighted by molar-refractivity contribution is 6.93. The van der Waals surface area contributed by atoms with Crippen molar-refractivity contribution < 1.29 is 4.74 Å². The van der Waals surface area contributed by atoms with E-state index in [1.807, 2.05) is 0 Å². The summed E-state index contributed by atoms with van der Waals surface area (Å²) < 4.78 is 7.45. The monoisotopic (exact) mass is 774 g/mol. The lowest BCUT2D eigenvalue weighted by Gasteiger charge is -2.49. The second-order valence-corrected chi connectivity index (χ2v) is 22.4. The fourth-order valence-corrected chi connectivity index (χ4v) is 10.3. The second-order valence-electron chi connectivity index (χ2n) is 22.4. The van der Waals surface area contributed by atoms with Crippen molar-refractivity contribution in [3.63, 3.8) is 0 Å². The first-order valence-electron chi connectivity index (χ1n) is 21.7. The van der Waals surface area contributed by atoms with E-state index in [1.165, 1.54) is 89.3 Å². The topological polar surface area (TPSA) is 15.7 Å². The average Bonchev–Trinajstić information content (AvgIpc) is 3.40. The van der Waals surface area contributed by atoms with Gasteiger partial charge in [0.1, 0.15) is 0 Å². The summed E-state index contributed by atoms with van der Waals surface area (Å²) >= 11 is 0. The molecule has 3 aliphatic heterocycles. The van der Waals surface area contributed by atoms with Gasteiger partial charge in [-0.05, 0) is 120 Å². The Bertz CT molecular complexity index is 2760. The Balaban J connectivity index is 1.34. The van der Waals surface area contributed by atoms with Gasteiger partial charge in [-0.25, -0.2) is 0 Å². The van der Waals surface area contributed by atoms with Gasteiger partial charge in [-0.1, -0.05) is 158 Å². The molecule has 4 aliphatic rings. The Morgan fingerprint density at radius 3 is 1.76 bits per heavy atom. The van der Waals surface area contributed by atoms with Crippen molar-refractivity contribution >= 4 is 46.2 Å². The van der Waals surface area contributed by atoms with Crippen LogP contribution < -0.4 is 25.4 Å². The van der Waals surface area contributed by atoms with E-state index in [0.29, 0.717) is 0 Å². The predicted molar refractivity (Wildman–Crippen MR) is 253 cm³/mol. The van der Waals surface area contributed by atoms with E-state index in [-0.39, 0.29) is 33.9 Å². The average molecular weight is 775 g/mol. The maximum atomic E-state index is 7.45. The summed E-state index contributed by atoms with van der Waals surface area (Å²) in [6, 6.07) is 40.2. The molecule has 0 spiro atoms. The standard InChI is InChI=1S/C55H59BN2O/c1-51(2,3)32-19-22-36(23-20-32)57-44-29-33(52(4,5)6)21-25-42(44)56-48-39(27-34(30-45(48)57)53(7,8)9)40-28-35(54(10,11)12)31-46-49(40)58(56)43-26-24-38-37-17-15-16-18-41(37)55(13,14)47(38)50(43)59-46/h15-31H,1-14H3. The van der Waals surface area contributed by atoms with Gasteiger partial charge in [0, 0.05) is 33.6 Å². The van der Waals surface area contributed by atoms with Crippen LogP contribution in [0.5, 0.6) is 11.5 Å². The van der Waals surface area contributed by atoms with Crippen LogP contribution in [0.1, 0.15) is 130 Å². The molecule has 298 valence electrons. The number of rotatable bonds is 1. The molecule has 0 saturated carbocycles. The maximum Gasteiger partial charge on any atom is 0.333 e. The Morgan fingerprint density at radius 2 is 1.10 bits per heavy atom. The van der Waals surface area contributed by atoms with Crippen LogP contribution in [-0.4, -0.2) is 6.85 Å². The summed E-state index contributed by atoms with van der Waals surface area (Å²) in [7, 11) is 0. The third-order valence-corrected chi connectivity index (χ3v) is 13.8. The molecule has 6 aromatic carbocycles.